The minimum Gasteiger partial charge on any atom is -0.480 e. The van der Waals surface area contributed by atoms with Crippen molar-refractivity contribution in [2.24, 2.45) is 17.6 Å². The van der Waals surface area contributed by atoms with Gasteiger partial charge in [-0.25, -0.2) is 0 Å². The van der Waals surface area contributed by atoms with Crippen LogP contribution < -0.4 is 16.4 Å². The number of carboxylic acids is 2. The number of aliphatic carboxylic acids is 2. The Bertz CT molecular complexity index is 614. The summed E-state index contributed by atoms with van der Waals surface area (Å²) in [6.07, 6.45) is -0.324. The fourth-order valence-corrected chi connectivity index (χ4v) is 3.06. The van der Waals surface area contributed by atoms with E-state index in [1.165, 1.54) is 11.8 Å². The summed E-state index contributed by atoms with van der Waals surface area (Å²) in [5, 5.41) is 22.1. The topological polar surface area (TPSA) is 185 Å². The molecule has 0 rings (SSSR count). The molecule has 0 saturated heterocycles. The van der Waals surface area contributed by atoms with Gasteiger partial charge in [-0.05, 0) is 12.3 Å². The molecule has 0 aliphatic carbocycles. The Morgan fingerprint density at radius 2 is 1.70 bits per heavy atom. The second kappa shape index (κ2) is 14.6. The molecule has 2 amide bonds. The van der Waals surface area contributed by atoms with Gasteiger partial charge in [-0.2, -0.15) is 11.8 Å². The summed E-state index contributed by atoms with van der Waals surface area (Å²) < 4.78 is 5.15. The van der Waals surface area contributed by atoms with Gasteiger partial charge in [0, 0.05) is 17.9 Å². The zero-order valence-electron chi connectivity index (χ0n) is 17.4. The first-order valence-electron chi connectivity index (χ1n) is 9.45. The van der Waals surface area contributed by atoms with E-state index in [-0.39, 0.29) is 30.5 Å². The van der Waals surface area contributed by atoms with Crippen LogP contribution in [0.4, 0.5) is 0 Å². The van der Waals surface area contributed by atoms with E-state index in [4.69, 9.17) is 20.7 Å². The number of carbonyl (C=O) groups is 5. The number of amides is 2. The van der Waals surface area contributed by atoms with Crippen LogP contribution in [0.25, 0.3) is 0 Å². The molecule has 172 valence electrons. The lowest BCUT2D eigenvalue weighted by atomic mass is 10.1. The van der Waals surface area contributed by atoms with Crippen molar-refractivity contribution < 1.29 is 38.9 Å². The number of nitrogens with two attached hydrogens (primary N) is 1. The van der Waals surface area contributed by atoms with E-state index in [2.05, 4.69) is 10.6 Å². The lowest BCUT2D eigenvalue weighted by Crippen LogP contribution is -2.49. The highest BCUT2D eigenvalue weighted by Crippen LogP contribution is 2.12. The molecule has 0 radical (unpaired) electrons. The molecule has 30 heavy (non-hydrogen) atoms. The molecule has 3 atom stereocenters. The second-order valence-corrected chi connectivity index (χ2v) is 8.25. The fraction of sp³-hybridized carbons (Fsp3) is 0.722. The number of esters is 1. The molecule has 0 aliphatic rings. The average molecular weight is 450 g/mol. The van der Waals surface area contributed by atoms with Crippen LogP contribution in [0, 0.1) is 11.8 Å². The lowest BCUT2D eigenvalue weighted by molar-refractivity contribution is -0.148. The van der Waals surface area contributed by atoms with E-state index in [1.807, 2.05) is 13.8 Å². The maximum atomic E-state index is 12.2. The third kappa shape index (κ3) is 13.0. The molecule has 0 aliphatic heterocycles. The number of hydrogen-bond acceptors (Lipinski definition) is 8. The van der Waals surface area contributed by atoms with Gasteiger partial charge < -0.3 is 31.3 Å². The first-order chi connectivity index (χ1) is 13.9. The maximum absolute atomic E-state index is 12.2. The number of ether oxygens (including phenoxy) is 1. The number of thioether (sulfide) groups is 1. The first-order valence-corrected chi connectivity index (χ1v) is 10.6. The van der Waals surface area contributed by atoms with Crippen molar-refractivity contribution in [2.75, 3.05) is 24.7 Å². The Morgan fingerprint density at radius 3 is 2.23 bits per heavy atom. The monoisotopic (exact) mass is 449 g/mol. The highest BCUT2D eigenvalue weighted by Gasteiger charge is 2.23. The Balaban J connectivity index is 4.71. The van der Waals surface area contributed by atoms with Crippen molar-refractivity contribution in [3.05, 3.63) is 0 Å². The molecule has 0 aromatic heterocycles. The minimum atomic E-state index is -1.24. The standard InChI is InChI=1S/C18H31N3O8S/c1-10(2)7-29-18(28)11(3)8-30-9-13(16(25)20-6-15(23)24)21-14(22)5-4-12(19)17(26)27/h10-13H,4-9,19H2,1-3H3,(H,20,25)(H,21,22)(H,23,24)(H,26,27). The first kappa shape index (κ1) is 27.7. The minimum absolute atomic E-state index is 0.0873. The molecule has 0 spiro atoms. The average Bonchev–Trinajstić information content (AvgIpc) is 2.66. The van der Waals surface area contributed by atoms with Crippen LogP contribution in [-0.2, 0) is 28.7 Å². The predicted molar refractivity (Wildman–Crippen MR) is 110 cm³/mol. The number of hydrogen-bond donors (Lipinski definition) is 5. The maximum Gasteiger partial charge on any atom is 0.322 e. The van der Waals surface area contributed by atoms with Crippen LogP contribution in [0.5, 0.6) is 0 Å². The van der Waals surface area contributed by atoms with Crippen LogP contribution in [0.2, 0.25) is 0 Å². The summed E-state index contributed by atoms with van der Waals surface area (Å²) in [5.74, 6) is -3.94. The van der Waals surface area contributed by atoms with Crippen LogP contribution in [0.15, 0.2) is 0 Å². The number of rotatable bonds is 15. The molecule has 0 bridgehead atoms. The van der Waals surface area contributed by atoms with Gasteiger partial charge in [0.25, 0.3) is 0 Å². The van der Waals surface area contributed by atoms with Gasteiger partial charge in [-0.15, -0.1) is 0 Å². The van der Waals surface area contributed by atoms with Crippen LogP contribution in [0.1, 0.15) is 33.6 Å². The Labute approximate surface area is 179 Å². The normalized spacial score (nSPS) is 13.8. The van der Waals surface area contributed by atoms with E-state index in [1.54, 1.807) is 6.92 Å². The van der Waals surface area contributed by atoms with Crippen molar-refractivity contribution >= 4 is 41.5 Å². The third-order valence-corrected chi connectivity index (χ3v) is 4.98. The summed E-state index contributed by atoms with van der Waals surface area (Å²) in [6, 6.07) is -2.26. The molecule has 0 heterocycles. The molecule has 0 aromatic rings. The lowest BCUT2D eigenvalue weighted by Gasteiger charge is -2.19. The van der Waals surface area contributed by atoms with E-state index in [0.717, 1.165) is 0 Å². The highest BCUT2D eigenvalue weighted by molar-refractivity contribution is 7.99. The third-order valence-electron chi connectivity index (χ3n) is 3.68. The van der Waals surface area contributed by atoms with E-state index in [0.29, 0.717) is 12.4 Å². The summed E-state index contributed by atoms with van der Waals surface area (Å²) in [6.45, 7) is 5.21. The van der Waals surface area contributed by atoms with E-state index in [9.17, 15) is 24.0 Å². The Kier molecular flexibility index (Phi) is 13.5. The number of carbonyl (C=O) groups excluding carboxylic acids is 3. The zero-order chi connectivity index (χ0) is 23.3. The second-order valence-electron chi connectivity index (χ2n) is 7.18. The molecule has 3 unspecified atom stereocenters. The molecule has 11 nitrogen and oxygen atoms in total. The van der Waals surface area contributed by atoms with Crippen LogP contribution in [0.3, 0.4) is 0 Å². The zero-order valence-corrected chi connectivity index (χ0v) is 18.2. The number of nitrogens with one attached hydrogen (secondary N) is 2. The molecule has 0 fully saturated rings. The van der Waals surface area contributed by atoms with E-state index < -0.39 is 48.3 Å². The summed E-state index contributed by atoms with van der Waals surface area (Å²) >= 11 is 1.22. The van der Waals surface area contributed by atoms with Crippen molar-refractivity contribution in [3.63, 3.8) is 0 Å². The molecular formula is C18H31N3O8S. The van der Waals surface area contributed by atoms with Crippen molar-refractivity contribution in [1.29, 1.82) is 0 Å². The predicted octanol–water partition coefficient (Wildman–Crippen LogP) is -0.567. The summed E-state index contributed by atoms with van der Waals surface area (Å²) in [7, 11) is 0. The molecular weight excluding hydrogens is 418 g/mol. The van der Waals surface area contributed by atoms with Gasteiger partial charge in [-0.1, -0.05) is 20.8 Å². The molecule has 0 saturated carbocycles. The Morgan fingerprint density at radius 1 is 1.07 bits per heavy atom. The number of carboxylic acid groups (broad SMARTS) is 2. The highest BCUT2D eigenvalue weighted by atomic mass is 32.2. The van der Waals surface area contributed by atoms with Crippen LogP contribution in [-0.4, -0.2) is 76.7 Å². The van der Waals surface area contributed by atoms with Crippen molar-refractivity contribution in [2.45, 2.75) is 45.7 Å². The van der Waals surface area contributed by atoms with Gasteiger partial charge in [0.2, 0.25) is 11.8 Å². The van der Waals surface area contributed by atoms with Crippen molar-refractivity contribution in [1.82, 2.24) is 10.6 Å². The smallest absolute Gasteiger partial charge is 0.322 e. The quantitative estimate of drug-likeness (QED) is 0.203. The molecule has 12 heteroatoms. The largest absolute Gasteiger partial charge is 0.480 e. The Hall–Kier alpha value is -2.34. The molecule has 6 N–H and O–H groups in total. The van der Waals surface area contributed by atoms with Crippen LogP contribution >= 0.6 is 11.8 Å². The van der Waals surface area contributed by atoms with Gasteiger partial charge in [0.15, 0.2) is 0 Å². The van der Waals surface area contributed by atoms with Gasteiger partial charge in [-0.3, -0.25) is 24.0 Å². The fourth-order valence-electron chi connectivity index (χ4n) is 1.97. The van der Waals surface area contributed by atoms with E-state index >= 15 is 0 Å². The van der Waals surface area contributed by atoms with Gasteiger partial charge >= 0.3 is 17.9 Å². The van der Waals surface area contributed by atoms with Crippen molar-refractivity contribution in [3.8, 4) is 0 Å². The van der Waals surface area contributed by atoms with Gasteiger partial charge in [0.1, 0.15) is 18.6 Å². The summed E-state index contributed by atoms with van der Waals surface area (Å²) in [4.78, 5) is 57.5. The SMILES string of the molecule is CC(C)COC(=O)C(C)CSCC(NC(=O)CCC(N)C(=O)O)C(=O)NCC(=O)O. The summed E-state index contributed by atoms with van der Waals surface area (Å²) in [5.41, 5.74) is 5.35. The molecule has 0 aromatic carbocycles. The van der Waals surface area contributed by atoms with Gasteiger partial charge in [0.05, 0.1) is 12.5 Å².